The predicted molar refractivity (Wildman–Crippen MR) is 130 cm³/mol. The third kappa shape index (κ3) is 7.60. The highest BCUT2D eigenvalue weighted by molar-refractivity contribution is 5.76. The Bertz CT molecular complexity index is 738. The summed E-state index contributed by atoms with van der Waals surface area (Å²) < 4.78 is 0. The molecule has 1 aromatic rings. The van der Waals surface area contributed by atoms with E-state index in [-0.39, 0.29) is 17.9 Å². The van der Waals surface area contributed by atoms with Crippen LogP contribution in [-0.2, 0) is 11.2 Å². The fraction of sp³-hybridized carbons (Fsp3) is 0.607. The maximum absolute atomic E-state index is 12.1. The lowest BCUT2D eigenvalue weighted by Crippen LogP contribution is -2.27. The second-order valence-electron chi connectivity index (χ2n) is 9.69. The van der Waals surface area contributed by atoms with Crippen LogP contribution in [0.2, 0.25) is 0 Å². The van der Waals surface area contributed by atoms with Gasteiger partial charge in [0.2, 0.25) is 5.91 Å². The van der Waals surface area contributed by atoms with Crippen LogP contribution >= 0.6 is 0 Å². The van der Waals surface area contributed by atoms with Crippen LogP contribution in [-0.4, -0.2) is 46.3 Å². The fourth-order valence-corrected chi connectivity index (χ4v) is 5.22. The van der Waals surface area contributed by atoms with E-state index in [0.717, 1.165) is 58.0 Å². The van der Waals surface area contributed by atoms with Crippen molar-refractivity contribution < 1.29 is 15.0 Å². The van der Waals surface area contributed by atoms with Crippen molar-refractivity contribution >= 4 is 5.91 Å². The number of carbonyl (C=O) groups excluding carboxylic acids is 1. The average Bonchev–Trinajstić information content (AvgIpc) is 3.42. The largest absolute Gasteiger partial charge is 0.393 e. The Kier molecular flexibility index (Phi) is 10.0. The first-order valence-electron chi connectivity index (χ1n) is 12.6. The van der Waals surface area contributed by atoms with Crippen LogP contribution in [0.15, 0.2) is 54.6 Å². The number of nitrogens with zero attached hydrogens (tertiary/aromatic N) is 1. The number of aliphatic hydroxyl groups is 2. The molecule has 1 aliphatic heterocycles. The summed E-state index contributed by atoms with van der Waals surface area (Å²) in [6, 6.07) is 10.3. The van der Waals surface area contributed by atoms with Crippen molar-refractivity contribution in [1.29, 1.82) is 0 Å². The Morgan fingerprint density at radius 2 is 1.94 bits per heavy atom. The molecule has 0 aromatic heterocycles. The normalized spacial score (nSPS) is 27.0. The van der Waals surface area contributed by atoms with E-state index in [1.54, 1.807) is 0 Å². The van der Waals surface area contributed by atoms with Crippen LogP contribution < -0.4 is 0 Å². The molecule has 0 bridgehead atoms. The first-order valence-corrected chi connectivity index (χ1v) is 12.6. The van der Waals surface area contributed by atoms with Gasteiger partial charge in [-0.15, -0.1) is 0 Å². The minimum atomic E-state index is -0.454. The van der Waals surface area contributed by atoms with Crippen molar-refractivity contribution in [2.45, 2.75) is 76.9 Å². The molecule has 1 saturated carbocycles. The molecule has 2 aliphatic rings. The van der Waals surface area contributed by atoms with Crippen molar-refractivity contribution in [2.75, 3.05) is 13.1 Å². The van der Waals surface area contributed by atoms with Crippen LogP contribution in [0.3, 0.4) is 0 Å². The number of hydrogen-bond acceptors (Lipinski definition) is 3. The van der Waals surface area contributed by atoms with Crippen LogP contribution in [0.25, 0.3) is 0 Å². The van der Waals surface area contributed by atoms with E-state index < -0.39 is 6.10 Å². The van der Waals surface area contributed by atoms with Gasteiger partial charge >= 0.3 is 0 Å². The van der Waals surface area contributed by atoms with Crippen molar-refractivity contribution in [2.24, 2.45) is 17.8 Å². The zero-order chi connectivity index (χ0) is 22.8. The van der Waals surface area contributed by atoms with Crippen molar-refractivity contribution in [3.05, 3.63) is 60.2 Å². The summed E-state index contributed by atoms with van der Waals surface area (Å²) in [6.45, 7) is 4.06. The van der Waals surface area contributed by atoms with E-state index in [1.807, 2.05) is 29.2 Å². The molecule has 0 radical (unpaired) electrons. The van der Waals surface area contributed by atoms with Crippen LogP contribution in [0.1, 0.15) is 63.9 Å². The molecule has 32 heavy (non-hydrogen) atoms. The maximum Gasteiger partial charge on any atom is 0.222 e. The quantitative estimate of drug-likeness (QED) is 0.380. The Morgan fingerprint density at radius 3 is 2.69 bits per heavy atom. The Morgan fingerprint density at radius 1 is 1.19 bits per heavy atom. The molecule has 2 fully saturated rings. The van der Waals surface area contributed by atoms with Gasteiger partial charge in [-0.05, 0) is 74.7 Å². The number of hydrogen-bond donors (Lipinski definition) is 2. The summed E-state index contributed by atoms with van der Waals surface area (Å²) in [5.41, 5.74) is 1.25. The highest BCUT2D eigenvalue weighted by atomic mass is 16.3. The molecule has 1 saturated heterocycles. The van der Waals surface area contributed by atoms with Gasteiger partial charge in [-0.25, -0.2) is 0 Å². The number of benzene rings is 1. The summed E-state index contributed by atoms with van der Waals surface area (Å²) in [5.74, 6) is 1.20. The maximum atomic E-state index is 12.1. The highest BCUT2D eigenvalue weighted by Crippen LogP contribution is 2.40. The summed E-state index contributed by atoms with van der Waals surface area (Å²) in [4.78, 5) is 14.1. The van der Waals surface area contributed by atoms with E-state index in [2.05, 4.69) is 37.3 Å². The topological polar surface area (TPSA) is 60.8 Å². The van der Waals surface area contributed by atoms with Gasteiger partial charge in [0, 0.05) is 19.5 Å². The van der Waals surface area contributed by atoms with E-state index in [0.29, 0.717) is 24.7 Å². The first kappa shape index (κ1) is 24.7. The minimum Gasteiger partial charge on any atom is -0.393 e. The zero-order valence-electron chi connectivity index (χ0n) is 19.6. The van der Waals surface area contributed by atoms with Crippen molar-refractivity contribution in [3.63, 3.8) is 0 Å². The average molecular weight is 440 g/mol. The number of aliphatic hydroxyl groups excluding tert-OH is 2. The van der Waals surface area contributed by atoms with E-state index in [1.165, 1.54) is 5.56 Å². The highest BCUT2D eigenvalue weighted by Gasteiger charge is 2.37. The summed E-state index contributed by atoms with van der Waals surface area (Å²) in [6.07, 6.45) is 15.7. The number of carbonyl (C=O) groups is 1. The molecule has 3 rings (SSSR count). The van der Waals surface area contributed by atoms with Crippen LogP contribution in [0, 0.1) is 17.8 Å². The summed E-state index contributed by atoms with van der Waals surface area (Å²) in [7, 11) is 0. The number of aryl methyl sites for hydroxylation is 1. The number of unbranched alkanes of at least 4 members (excludes halogenated alkanes) is 1. The van der Waals surface area contributed by atoms with Gasteiger partial charge in [-0.2, -0.15) is 0 Å². The van der Waals surface area contributed by atoms with Crippen molar-refractivity contribution in [1.82, 2.24) is 4.90 Å². The first-order chi connectivity index (χ1) is 15.5. The van der Waals surface area contributed by atoms with E-state index in [4.69, 9.17) is 0 Å². The molecule has 0 spiro atoms. The Hall–Kier alpha value is -1.91. The number of amides is 1. The zero-order valence-corrected chi connectivity index (χ0v) is 19.6. The van der Waals surface area contributed by atoms with Crippen LogP contribution in [0.5, 0.6) is 0 Å². The molecular formula is C28H41NO3. The van der Waals surface area contributed by atoms with Gasteiger partial charge in [-0.1, -0.05) is 61.6 Å². The lowest BCUT2D eigenvalue weighted by atomic mass is 9.86. The number of likely N-dealkylation sites (tertiary alicyclic amines) is 1. The van der Waals surface area contributed by atoms with E-state index >= 15 is 0 Å². The molecule has 1 aliphatic carbocycles. The van der Waals surface area contributed by atoms with Crippen molar-refractivity contribution in [3.8, 4) is 0 Å². The number of allylic oxidation sites excluding steroid dienone is 3. The Labute approximate surface area is 194 Å². The molecule has 5 atom stereocenters. The van der Waals surface area contributed by atoms with Gasteiger partial charge in [0.15, 0.2) is 0 Å². The molecule has 1 heterocycles. The SMILES string of the molecule is CC1CC(O)C(C/C=C/CCCC(=O)N2CCCC2)C1/C=C/C(O)CCc1ccccc1. The molecule has 2 N–H and O–H groups in total. The third-order valence-corrected chi connectivity index (χ3v) is 7.18. The van der Waals surface area contributed by atoms with Crippen LogP contribution in [0.4, 0.5) is 0 Å². The lowest BCUT2D eigenvalue weighted by molar-refractivity contribution is -0.130. The predicted octanol–water partition coefficient (Wildman–Crippen LogP) is 4.91. The molecule has 176 valence electrons. The molecule has 5 unspecified atom stereocenters. The second-order valence-corrected chi connectivity index (χ2v) is 9.69. The summed E-state index contributed by atoms with van der Waals surface area (Å²) >= 11 is 0. The second kappa shape index (κ2) is 13.0. The monoisotopic (exact) mass is 439 g/mol. The van der Waals surface area contributed by atoms with Gasteiger partial charge in [0.05, 0.1) is 12.2 Å². The summed E-state index contributed by atoms with van der Waals surface area (Å²) in [5, 5.41) is 21.0. The van der Waals surface area contributed by atoms with Gasteiger partial charge in [0.1, 0.15) is 0 Å². The lowest BCUT2D eigenvalue weighted by Gasteiger charge is -2.20. The smallest absolute Gasteiger partial charge is 0.222 e. The molecule has 4 nitrogen and oxygen atoms in total. The van der Waals surface area contributed by atoms with Gasteiger partial charge in [-0.3, -0.25) is 4.79 Å². The third-order valence-electron chi connectivity index (χ3n) is 7.18. The van der Waals surface area contributed by atoms with E-state index in [9.17, 15) is 15.0 Å². The molecule has 1 aromatic carbocycles. The van der Waals surface area contributed by atoms with Gasteiger partial charge < -0.3 is 15.1 Å². The Balaban J connectivity index is 1.40. The molecule has 4 heteroatoms. The number of rotatable bonds is 11. The fourth-order valence-electron chi connectivity index (χ4n) is 5.22. The van der Waals surface area contributed by atoms with Gasteiger partial charge in [0.25, 0.3) is 0 Å². The minimum absolute atomic E-state index is 0.199. The standard InChI is InChI=1S/C28H41NO3/c1-22-21-27(31)26(13-7-2-3-8-14-28(32)29-19-9-10-20-29)25(22)18-17-24(30)16-15-23-11-5-4-6-12-23/h2,4-7,11-12,17-18,22,24-27,30-31H,3,8-10,13-16,19-21H2,1H3/b7-2+,18-17+. The molecular weight excluding hydrogens is 398 g/mol. The molecule has 1 amide bonds.